The molecule has 6 atom stereocenters. The van der Waals surface area contributed by atoms with E-state index < -0.39 is 73.9 Å². The predicted molar refractivity (Wildman–Crippen MR) is 78.7 cm³/mol. The minimum Gasteiger partial charge on any atom is -0.465 e. The Labute approximate surface area is 142 Å². The number of nitrogens with zero attached hydrogens (tertiary/aromatic N) is 3. The zero-order valence-corrected chi connectivity index (χ0v) is 13.4. The maximum atomic E-state index is 11.8. The van der Waals surface area contributed by atoms with E-state index in [0.717, 1.165) is 7.11 Å². The lowest BCUT2D eigenvalue weighted by Gasteiger charge is -2.44. The number of esters is 1. The molecule has 5 N–H and O–H groups in total. The second-order valence-electron chi connectivity index (χ2n) is 5.67. The summed E-state index contributed by atoms with van der Waals surface area (Å²) >= 11 is 0. The molecule has 12 nitrogen and oxygen atoms in total. The summed E-state index contributed by atoms with van der Waals surface area (Å²) in [5.74, 6) is -5.56. The SMILES string of the molecule is COC(=O)[C@@]1(O)C[C@@H](O)[C@@H](CC(=O)CN=[N+]=[N-])C([C@H](O)[C@H](O)CO)O1. The zero-order valence-electron chi connectivity index (χ0n) is 13.4. The number of Topliss-reactive ketones (excluding diaryl/α,β-unsaturated/α-hetero) is 1. The van der Waals surface area contributed by atoms with Crippen molar-refractivity contribution in [3.8, 4) is 0 Å². The molecule has 0 spiro atoms. The first-order valence-corrected chi connectivity index (χ1v) is 7.36. The van der Waals surface area contributed by atoms with Crippen LogP contribution in [0.4, 0.5) is 0 Å². The van der Waals surface area contributed by atoms with Gasteiger partial charge in [0.25, 0.3) is 5.79 Å². The molecule has 0 aromatic heterocycles. The summed E-state index contributed by atoms with van der Waals surface area (Å²) in [5.41, 5.74) is 8.22. The summed E-state index contributed by atoms with van der Waals surface area (Å²) < 4.78 is 9.53. The van der Waals surface area contributed by atoms with Crippen LogP contribution in [0.2, 0.25) is 0 Å². The molecule has 1 aliphatic rings. The normalized spacial score (nSPS) is 31.5. The van der Waals surface area contributed by atoms with E-state index in [2.05, 4.69) is 14.8 Å². The number of aliphatic hydroxyl groups excluding tert-OH is 4. The van der Waals surface area contributed by atoms with Crippen molar-refractivity contribution in [1.82, 2.24) is 0 Å². The van der Waals surface area contributed by atoms with Crippen molar-refractivity contribution in [2.45, 2.75) is 43.0 Å². The second kappa shape index (κ2) is 9.06. The van der Waals surface area contributed by atoms with Crippen molar-refractivity contribution >= 4 is 11.8 Å². The number of methoxy groups -OCH3 is 1. The average Bonchev–Trinajstić information content (AvgIpc) is 2.59. The van der Waals surface area contributed by atoms with E-state index >= 15 is 0 Å². The fourth-order valence-electron chi connectivity index (χ4n) is 2.65. The van der Waals surface area contributed by atoms with E-state index in [-0.39, 0.29) is 0 Å². The largest absolute Gasteiger partial charge is 0.465 e. The van der Waals surface area contributed by atoms with E-state index in [0.29, 0.717) is 0 Å². The second-order valence-corrected chi connectivity index (χ2v) is 5.67. The van der Waals surface area contributed by atoms with Crippen LogP contribution in [0.25, 0.3) is 10.4 Å². The van der Waals surface area contributed by atoms with Crippen molar-refractivity contribution < 1.29 is 44.6 Å². The molecule has 1 rings (SSSR count). The zero-order chi connectivity index (χ0) is 19.2. The van der Waals surface area contributed by atoms with Crippen molar-refractivity contribution in [2.75, 3.05) is 20.3 Å². The Morgan fingerprint density at radius 1 is 1.48 bits per heavy atom. The average molecular weight is 363 g/mol. The summed E-state index contributed by atoms with van der Waals surface area (Å²) in [7, 11) is 0.972. The lowest BCUT2D eigenvalue weighted by Crippen LogP contribution is -2.61. The highest BCUT2D eigenvalue weighted by atomic mass is 16.7. The summed E-state index contributed by atoms with van der Waals surface area (Å²) in [6.45, 7) is -1.38. The minimum absolute atomic E-state index is 0.419. The van der Waals surface area contributed by atoms with Gasteiger partial charge >= 0.3 is 5.97 Å². The molecule has 0 aliphatic carbocycles. The summed E-state index contributed by atoms with van der Waals surface area (Å²) in [5, 5.41) is 52.2. The van der Waals surface area contributed by atoms with Crippen LogP contribution in [0.3, 0.4) is 0 Å². The quantitative estimate of drug-likeness (QED) is 0.135. The molecule has 142 valence electrons. The van der Waals surface area contributed by atoms with E-state index in [1.54, 1.807) is 0 Å². The number of hydrogen-bond acceptors (Lipinski definition) is 10. The first-order chi connectivity index (χ1) is 11.7. The summed E-state index contributed by atoms with van der Waals surface area (Å²) in [4.78, 5) is 25.9. The van der Waals surface area contributed by atoms with Gasteiger partial charge in [-0.2, -0.15) is 0 Å². The monoisotopic (exact) mass is 363 g/mol. The van der Waals surface area contributed by atoms with Crippen LogP contribution in [0, 0.1) is 5.92 Å². The van der Waals surface area contributed by atoms with Gasteiger partial charge in [0.15, 0.2) is 0 Å². The van der Waals surface area contributed by atoms with Crippen molar-refractivity contribution in [3.05, 3.63) is 10.4 Å². The van der Waals surface area contributed by atoms with Crippen LogP contribution in [0.1, 0.15) is 12.8 Å². The molecule has 1 unspecified atom stereocenters. The molecule has 0 aromatic rings. The molecule has 0 amide bonds. The Balaban J connectivity index is 3.09. The maximum absolute atomic E-state index is 11.8. The van der Waals surface area contributed by atoms with Gasteiger partial charge < -0.3 is 35.0 Å². The van der Waals surface area contributed by atoms with E-state index in [9.17, 15) is 30.0 Å². The molecule has 1 heterocycles. The van der Waals surface area contributed by atoms with Crippen LogP contribution < -0.4 is 0 Å². The van der Waals surface area contributed by atoms with Gasteiger partial charge in [0, 0.05) is 23.7 Å². The van der Waals surface area contributed by atoms with Gasteiger partial charge in [-0.3, -0.25) is 4.79 Å². The first-order valence-electron chi connectivity index (χ1n) is 7.36. The molecular formula is C13H21N3O9. The van der Waals surface area contributed by atoms with Crippen molar-refractivity contribution in [2.24, 2.45) is 11.0 Å². The van der Waals surface area contributed by atoms with Gasteiger partial charge in [0.2, 0.25) is 0 Å². The Morgan fingerprint density at radius 3 is 2.64 bits per heavy atom. The van der Waals surface area contributed by atoms with Crippen LogP contribution in [-0.2, 0) is 19.1 Å². The minimum atomic E-state index is -2.60. The Kier molecular flexibility index (Phi) is 7.70. The Hall–Kier alpha value is -1.79. The number of hydrogen-bond donors (Lipinski definition) is 5. The van der Waals surface area contributed by atoms with Gasteiger partial charge in [0.1, 0.15) is 18.0 Å². The van der Waals surface area contributed by atoms with E-state index in [1.165, 1.54) is 0 Å². The highest BCUT2D eigenvalue weighted by Gasteiger charge is 2.54. The third-order valence-electron chi connectivity index (χ3n) is 3.93. The van der Waals surface area contributed by atoms with Gasteiger partial charge in [-0.1, -0.05) is 5.11 Å². The molecule has 12 heteroatoms. The summed E-state index contributed by atoms with van der Waals surface area (Å²) in [6.07, 6.45) is -7.67. The van der Waals surface area contributed by atoms with Crippen LogP contribution in [0.5, 0.6) is 0 Å². The number of rotatable bonds is 8. The molecule has 0 bridgehead atoms. The number of ether oxygens (including phenoxy) is 2. The fraction of sp³-hybridized carbons (Fsp3) is 0.846. The molecular weight excluding hydrogens is 342 g/mol. The first kappa shape index (κ1) is 21.3. The van der Waals surface area contributed by atoms with Crippen LogP contribution >= 0.6 is 0 Å². The van der Waals surface area contributed by atoms with Gasteiger partial charge in [-0.05, 0) is 5.53 Å². The topological polar surface area (TPSA) is 203 Å². The Morgan fingerprint density at radius 2 is 2.12 bits per heavy atom. The number of ketones is 1. The molecule has 0 radical (unpaired) electrons. The lowest BCUT2D eigenvalue weighted by molar-refractivity contribution is -0.305. The smallest absolute Gasteiger partial charge is 0.366 e. The highest BCUT2D eigenvalue weighted by molar-refractivity contribution is 5.81. The molecule has 0 saturated carbocycles. The summed E-state index contributed by atoms with van der Waals surface area (Å²) in [6, 6.07) is 0. The predicted octanol–water partition coefficient (Wildman–Crippen LogP) is -2.40. The van der Waals surface area contributed by atoms with Crippen molar-refractivity contribution in [3.63, 3.8) is 0 Å². The number of carbonyl (C=O) groups is 2. The molecule has 1 aliphatic heterocycles. The molecule has 25 heavy (non-hydrogen) atoms. The third kappa shape index (κ3) is 5.09. The van der Waals surface area contributed by atoms with Gasteiger partial charge in [-0.25, -0.2) is 4.79 Å². The van der Waals surface area contributed by atoms with Crippen molar-refractivity contribution in [1.29, 1.82) is 0 Å². The van der Waals surface area contributed by atoms with Crippen LogP contribution in [-0.4, -0.2) is 87.7 Å². The highest BCUT2D eigenvalue weighted by Crippen LogP contribution is 2.36. The molecule has 1 fully saturated rings. The fourth-order valence-corrected chi connectivity index (χ4v) is 2.65. The number of azide groups is 1. The van der Waals surface area contributed by atoms with Gasteiger partial charge in [0.05, 0.1) is 32.5 Å². The van der Waals surface area contributed by atoms with E-state index in [1.807, 2.05) is 0 Å². The molecule has 1 saturated heterocycles. The lowest BCUT2D eigenvalue weighted by atomic mass is 9.80. The van der Waals surface area contributed by atoms with Gasteiger partial charge in [-0.15, -0.1) is 0 Å². The molecule has 0 aromatic carbocycles. The number of carbonyl (C=O) groups excluding carboxylic acids is 2. The third-order valence-corrected chi connectivity index (χ3v) is 3.93. The maximum Gasteiger partial charge on any atom is 0.366 e. The number of aliphatic hydroxyl groups is 5. The van der Waals surface area contributed by atoms with E-state index in [4.69, 9.17) is 15.4 Å². The Bertz CT molecular complexity index is 539. The van der Waals surface area contributed by atoms with Crippen LogP contribution in [0.15, 0.2) is 5.11 Å². The standard InChI is InChI=1S/C13H21N3O9/c1-24-12(22)13(23)3-8(19)7(2-6(18)4-15-16-14)11(25-13)10(21)9(20)5-17/h7-11,17,19-21,23H,2-5H2,1H3/t7-,8-,9-,10-,11?,13-/m1/s1.